The summed E-state index contributed by atoms with van der Waals surface area (Å²) in [7, 11) is 0. The molecule has 0 saturated carbocycles. The summed E-state index contributed by atoms with van der Waals surface area (Å²) in [6.07, 6.45) is 0.931. The summed E-state index contributed by atoms with van der Waals surface area (Å²) < 4.78 is 0. The third-order valence-corrected chi connectivity index (χ3v) is 2.44. The zero-order chi connectivity index (χ0) is 7.56. The number of hydrogen-bond acceptors (Lipinski definition) is 3. The molecule has 58 valence electrons. The molecule has 2 unspecified atom stereocenters. The van der Waals surface area contributed by atoms with Gasteiger partial charge in [-0.25, -0.2) is 0 Å². The van der Waals surface area contributed by atoms with Crippen LogP contribution in [-0.2, 0) is 4.79 Å². The lowest BCUT2D eigenvalue weighted by Crippen LogP contribution is -2.25. The fourth-order valence-corrected chi connectivity index (χ4v) is 1.40. The minimum Gasteiger partial charge on any atom is -0.480 e. The highest BCUT2D eigenvalue weighted by Gasteiger charge is 2.26. The Morgan fingerprint density at radius 2 is 2.50 bits per heavy atom. The molecule has 0 amide bonds. The lowest BCUT2D eigenvalue weighted by Gasteiger charge is -2.11. The number of nitrogens with one attached hydrogen (secondary N) is 1. The van der Waals surface area contributed by atoms with Crippen molar-refractivity contribution in [3.8, 4) is 0 Å². The molecule has 1 aliphatic rings. The summed E-state index contributed by atoms with van der Waals surface area (Å²) in [6, 6.07) is 0. The fourth-order valence-electron chi connectivity index (χ4n) is 1.15. The first-order valence-electron chi connectivity index (χ1n) is 3.33. The number of carboxylic acid groups (broad SMARTS) is 1. The lowest BCUT2D eigenvalue weighted by molar-refractivity contribution is -0.137. The van der Waals surface area contributed by atoms with Crippen LogP contribution in [0.3, 0.4) is 0 Å². The molecule has 10 heavy (non-hydrogen) atoms. The second kappa shape index (κ2) is 3.25. The van der Waals surface area contributed by atoms with Gasteiger partial charge in [0.05, 0.1) is 0 Å². The van der Waals surface area contributed by atoms with Gasteiger partial charge >= 0.3 is 5.97 Å². The van der Waals surface area contributed by atoms with E-state index in [4.69, 9.17) is 5.11 Å². The topological polar surface area (TPSA) is 49.3 Å². The van der Waals surface area contributed by atoms with Gasteiger partial charge in [0.2, 0.25) is 0 Å². The van der Waals surface area contributed by atoms with Crippen LogP contribution in [0.5, 0.6) is 0 Å². The SMILES string of the molecule is O=C(O)C(S)C1CCNC1. The first kappa shape index (κ1) is 7.88. The van der Waals surface area contributed by atoms with Gasteiger partial charge in [0.1, 0.15) is 5.25 Å². The number of rotatable bonds is 2. The van der Waals surface area contributed by atoms with E-state index < -0.39 is 11.2 Å². The van der Waals surface area contributed by atoms with E-state index in [1.807, 2.05) is 0 Å². The molecular weight excluding hydrogens is 150 g/mol. The fraction of sp³-hybridized carbons (Fsp3) is 0.833. The monoisotopic (exact) mass is 161 g/mol. The molecule has 3 nitrogen and oxygen atoms in total. The van der Waals surface area contributed by atoms with E-state index in [1.165, 1.54) is 0 Å². The van der Waals surface area contributed by atoms with Gasteiger partial charge in [-0.1, -0.05) is 0 Å². The van der Waals surface area contributed by atoms with E-state index in [9.17, 15) is 4.79 Å². The van der Waals surface area contributed by atoms with Gasteiger partial charge in [-0.3, -0.25) is 4.79 Å². The van der Waals surface area contributed by atoms with Gasteiger partial charge < -0.3 is 10.4 Å². The largest absolute Gasteiger partial charge is 0.480 e. The Morgan fingerprint density at radius 3 is 2.90 bits per heavy atom. The molecular formula is C6H11NO2S. The Hall–Kier alpha value is -0.220. The van der Waals surface area contributed by atoms with Crippen LogP contribution in [0.4, 0.5) is 0 Å². The third kappa shape index (κ3) is 1.64. The number of aliphatic carboxylic acids is 1. The van der Waals surface area contributed by atoms with Gasteiger partial charge in [0.25, 0.3) is 0 Å². The maximum Gasteiger partial charge on any atom is 0.316 e. The summed E-state index contributed by atoms with van der Waals surface area (Å²) in [4.78, 5) is 10.4. The Kier molecular flexibility index (Phi) is 2.56. The standard InChI is InChI=1S/C6H11NO2S/c8-6(9)5(10)4-1-2-7-3-4/h4-5,7,10H,1-3H2,(H,8,9). The van der Waals surface area contributed by atoms with E-state index in [1.54, 1.807) is 0 Å². The van der Waals surface area contributed by atoms with Crippen LogP contribution in [0.25, 0.3) is 0 Å². The minimum absolute atomic E-state index is 0.209. The van der Waals surface area contributed by atoms with Crippen molar-refractivity contribution in [1.82, 2.24) is 5.32 Å². The molecule has 0 spiro atoms. The number of carbonyl (C=O) groups is 1. The Labute approximate surface area is 65.2 Å². The van der Waals surface area contributed by atoms with Gasteiger partial charge in [-0.05, 0) is 25.4 Å². The van der Waals surface area contributed by atoms with Crippen LogP contribution < -0.4 is 5.32 Å². The smallest absolute Gasteiger partial charge is 0.316 e. The zero-order valence-electron chi connectivity index (χ0n) is 5.58. The summed E-state index contributed by atoms with van der Waals surface area (Å²) in [6.45, 7) is 1.72. The van der Waals surface area contributed by atoms with Crippen molar-refractivity contribution in [3.63, 3.8) is 0 Å². The van der Waals surface area contributed by atoms with Gasteiger partial charge in [-0.15, -0.1) is 0 Å². The van der Waals surface area contributed by atoms with E-state index in [0.29, 0.717) is 0 Å². The first-order valence-corrected chi connectivity index (χ1v) is 3.85. The average molecular weight is 161 g/mol. The Balaban J connectivity index is 2.39. The molecule has 0 aliphatic carbocycles. The molecule has 0 aromatic carbocycles. The van der Waals surface area contributed by atoms with Crippen molar-refractivity contribution < 1.29 is 9.90 Å². The summed E-state index contributed by atoms with van der Waals surface area (Å²) in [5.41, 5.74) is 0. The second-order valence-corrected chi connectivity index (χ2v) is 3.09. The summed E-state index contributed by atoms with van der Waals surface area (Å²) >= 11 is 3.98. The molecule has 1 saturated heterocycles. The van der Waals surface area contributed by atoms with Crippen LogP contribution in [0.15, 0.2) is 0 Å². The molecule has 2 N–H and O–H groups in total. The van der Waals surface area contributed by atoms with Crippen LogP contribution in [-0.4, -0.2) is 29.4 Å². The molecule has 0 aromatic rings. The molecule has 0 radical (unpaired) electrons. The maximum atomic E-state index is 10.4. The van der Waals surface area contributed by atoms with Crippen LogP contribution >= 0.6 is 12.6 Å². The highest BCUT2D eigenvalue weighted by atomic mass is 32.1. The summed E-state index contributed by atoms with van der Waals surface area (Å²) in [5, 5.41) is 11.1. The van der Waals surface area contributed by atoms with E-state index in [2.05, 4.69) is 17.9 Å². The molecule has 4 heteroatoms. The summed E-state index contributed by atoms with van der Waals surface area (Å²) in [5.74, 6) is -0.599. The molecule has 1 heterocycles. The molecule has 0 aromatic heterocycles. The predicted octanol–water partition coefficient (Wildman–Crippen LogP) is -0.0211. The number of carboxylic acids is 1. The van der Waals surface area contributed by atoms with E-state index >= 15 is 0 Å². The van der Waals surface area contributed by atoms with Gasteiger partial charge in [0, 0.05) is 0 Å². The van der Waals surface area contributed by atoms with Crippen LogP contribution in [0.1, 0.15) is 6.42 Å². The lowest BCUT2D eigenvalue weighted by atomic mass is 10.1. The minimum atomic E-state index is -0.808. The average Bonchev–Trinajstić information content (AvgIpc) is 2.36. The maximum absolute atomic E-state index is 10.4. The number of thiol groups is 1. The number of hydrogen-bond donors (Lipinski definition) is 3. The van der Waals surface area contributed by atoms with Crippen molar-refractivity contribution in [3.05, 3.63) is 0 Å². The van der Waals surface area contributed by atoms with E-state index in [0.717, 1.165) is 19.5 Å². The quantitative estimate of drug-likeness (QED) is 0.499. The van der Waals surface area contributed by atoms with Crippen molar-refractivity contribution in [2.24, 2.45) is 5.92 Å². The second-order valence-electron chi connectivity index (χ2n) is 2.54. The third-order valence-electron chi connectivity index (χ3n) is 1.80. The van der Waals surface area contributed by atoms with Crippen LogP contribution in [0.2, 0.25) is 0 Å². The van der Waals surface area contributed by atoms with Crippen molar-refractivity contribution in [2.75, 3.05) is 13.1 Å². The van der Waals surface area contributed by atoms with Gasteiger partial charge in [0.15, 0.2) is 0 Å². The Bertz CT molecular complexity index is 134. The normalized spacial score (nSPS) is 28.3. The Morgan fingerprint density at radius 1 is 1.80 bits per heavy atom. The first-order chi connectivity index (χ1) is 4.72. The van der Waals surface area contributed by atoms with Gasteiger partial charge in [-0.2, -0.15) is 12.6 Å². The molecule has 1 aliphatic heterocycles. The molecule has 2 atom stereocenters. The highest BCUT2D eigenvalue weighted by Crippen LogP contribution is 2.17. The van der Waals surface area contributed by atoms with E-state index in [-0.39, 0.29) is 5.92 Å². The van der Waals surface area contributed by atoms with Crippen molar-refractivity contribution >= 4 is 18.6 Å². The molecule has 1 fully saturated rings. The van der Waals surface area contributed by atoms with Crippen LogP contribution in [0, 0.1) is 5.92 Å². The highest BCUT2D eigenvalue weighted by molar-refractivity contribution is 7.81. The van der Waals surface area contributed by atoms with Crippen molar-refractivity contribution in [2.45, 2.75) is 11.7 Å². The molecule has 1 rings (SSSR count). The van der Waals surface area contributed by atoms with Crippen molar-refractivity contribution in [1.29, 1.82) is 0 Å². The zero-order valence-corrected chi connectivity index (χ0v) is 6.47. The predicted molar refractivity (Wildman–Crippen MR) is 41.4 cm³/mol. The molecule has 0 bridgehead atoms.